The highest BCUT2D eigenvalue weighted by Gasteiger charge is 2.19. The summed E-state index contributed by atoms with van der Waals surface area (Å²) < 4.78 is 43.4. The summed E-state index contributed by atoms with van der Waals surface area (Å²) in [5.41, 5.74) is 0.493. The first-order chi connectivity index (χ1) is 12.9. The summed E-state index contributed by atoms with van der Waals surface area (Å²) in [6.07, 6.45) is -0.703. The van der Waals surface area contributed by atoms with Gasteiger partial charge in [0.25, 0.3) is 10.0 Å². The molecule has 1 amide bonds. The molecule has 0 unspecified atom stereocenters. The van der Waals surface area contributed by atoms with Crippen LogP contribution in [-0.2, 0) is 14.8 Å². The molecule has 0 fully saturated rings. The number of carbonyl (C=O) groups excluding carboxylic acids is 1. The highest BCUT2D eigenvalue weighted by atomic mass is 32.2. The van der Waals surface area contributed by atoms with Crippen LogP contribution in [0.5, 0.6) is 11.5 Å². The number of hydrogen-bond donors (Lipinski definition) is 2. The quantitative estimate of drug-likeness (QED) is 0.711. The second-order valence-electron chi connectivity index (χ2n) is 5.24. The standard InChI is InChI=1S/C18H22N2O6S/c1-4-25-17-11-10-13(12-15(17)19-18(21)26-5-2)27(22,23)20-14-8-6-7-9-16(14)24-3/h6-12,20H,4-5H2,1-3H3,(H,19,21). The Labute approximate surface area is 158 Å². The SMILES string of the molecule is CCOC(=O)Nc1cc(S(=O)(=O)Nc2ccccc2OC)ccc1OCC. The molecule has 2 rings (SSSR count). The number of amides is 1. The van der Waals surface area contributed by atoms with E-state index in [-0.39, 0.29) is 17.2 Å². The molecule has 0 aliphatic rings. The summed E-state index contributed by atoms with van der Waals surface area (Å²) in [6, 6.07) is 10.8. The fourth-order valence-corrected chi connectivity index (χ4v) is 3.36. The Morgan fingerprint density at radius 3 is 2.41 bits per heavy atom. The number of anilines is 2. The van der Waals surface area contributed by atoms with Crippen LogP contribution in [0.3, 0.4) is 0 Å². The molecule has 2 aromatic carbocycles. The minimum Gasteiger partial charge on any atom is -0.495 e. The zero-order valence-corrected chi connectivity index (χ0v) is 16.1. The number of para-hydroxylation sites is 2. The highest BCUT2D eigenvalue weighted by Crippen LogP contribution is 2.31. The molecule has 146 valence electrons. The number of nitrogens with one attached hydrogen (secondary N) is 2. The van der Waals surface area contributed by atoms with Crippen LogP contribution in [-0.4, -0.2) is 34.8 Å². The van der Waals surface area contributed by atoms with Crippen molar-refractivity contribution < 1.29 is 27.4 Å². The van der Waals surface area contributed by atoms with Gasteiger partial charge >= 0.3 is 6.09 Å². The lowest BCUT2D eigenvalue weighted by molar-refractivity contribution is 0.167. The van der Waals surface area contributed by atoms with Crippen molar-refractivity contribution >= 4 is 27.5 Å². The predicted octanol–water partition coefficient (Wildman–Crippen LogP) is 3.46. The molecule has 0 aromatic heterocycles. The van der Waals surface area contributed by atoms with E-state index in [0.717, 1.165) is 0 Å². The average molecular weight is 394 g/mol. The molecule has 8 nitrogen and oxygen atoms in total. The maximum atomic E-state index is 12.8. The van der Waals surface area contributed by atoms with Crippen LogP contribution in [0.25, 0.3) is 0 Å². The van der Waals surface area contributed by atoms with Crippen LogP contribution >= 0.6 is 0 Å². The number of rotatable bonds is 8. The molecular formula is C18H22N2O6S. The van der Waals surface area contributed by atoms with Gasteiger partial charge in [-0.15, -0.1) is 0 Å². The van der Waals surface area contributed by atoms with E-state index in [9.17, 15) is 13.2 Å². The molecule has 9 heteroatoms. The van der Waals surface area contributed by atoms with Crippen molar-refractivity contribution in [3.63, 3.8) is 0 Å². The van der Waals surface area contributed by atoms with E-state index in [1.165, 1.54) is 25.3 Å². The second kappa shape index (κ2) is 9.13. The van der Waals surface area contributed by atoms with Crippen molar-refractivity contribution in [2.24, 2.45) is 0 Å². The zero-order valence-electron chi connectivity index (χ0n) is 15.3. The zero-order chi connectivity index (χ0) is 19.9. The molecule has 0 radical (unpaired) electrons. The molecule has 0 bridgehead atoms. The Bertz CT molecular complexity index is 898. The summed E-state index contributed by atoms with van der Waals surface area (Å²) in [4.78, 5) is 11.7. The smallest absolute Gasteiger partial charge is 0.411 e. The van der Waals surface area contributed by atoms with Crippen molar-refractivity contribution in [1.82, 2.24) is 0 Å². The maximum Gasteiger partial charge on any atom is 0.411 e. The van der Waals surface area contributed by atoms with Crippen LogP contribution < -0.4 is 19.5 Å². The van der Waals surface area contributed by atoms with Crippen molar-refractivity contribution in [3.05, 3.63) is 42.5 Å². The molecule has 0 heterocycles. The van der Waals surface area contributed by atoms with Crippen LogP contribution in [0.2, 0.25) is 0 Å². The van der Waals surface area contributed by atoms with Gasteiger partial charge in [0.2, 0.25) is 0 Å². The fraction of sp³-hybridized carbons (Fsp3) is 0.278. The molecule has 0 spiro atoms. The molecule has 2 aromatic rings. The van der Waals surface area contributed by atoms with Crippen LogP contribution in [0.1, 0.15) is 13.8 Å². The van der Waals surface area contributed by atoms with E-state index in [0.29, 0.717) is 23.8 Å². The number of hydrogen-bond acceptors (Lipinski definition) is 6. The lowest BCUT2D eigenvalue weighted by Crippen LogP contribution is -2.17. The Morgan fingerprint density at radius 1 is 1.00 bits per heavy atom. The van der Waals surface area contributed by atoms with Crippen molar-refractivity contribution in [1.29, 1.82) is 0 Å². The van der Waals surface area contributed by atoms with E-state index in [4.69, 9.17) is 14.2 Å². The third kappa shape index (κ3) is 5.27. The van der Waals surface area contributed by atoms with Gasteiger partial charge in [-0.1, -0.05) is 12.1 Å². The van der Waals surface area contributed by atoms with Gasteiger partial charge in [0, 0.05) is 0 Å². The first kappa shape index (κ1) is 20.4. The van der Waals surface area contributed by atoms with Gasteiger partial charge in [-0.05, 0) is 44.2 Å². The Kier molecular flexibility index (Phi) is 6.89. The summed E-state index contributed by atoms with van der Waals surface area (Å²) in [7, 11) is -2.48. The predicted molar refractivity (Wildman–Crippen MR) is 102 cm³/mol. The lowest BCUT2D eigenvalue weighted by atomic mass is 10.3. The number of ether oxygens (including phenoxy) is 3. The third-order valence-electron chi connectivity index (χ3n) is 3.42. The van der Waals surface area contributed by atoms with E-state index in [1.807, 2.05) is 0 Å². The minimum atomic E-state index is -3.93. The van der Waals surface area contributed by atoms with Gasteiger partial charge in [-0.2, -0.15) is 0 Å². The normalized spacial score (nSPS) is 10.8. The van der Waals surface area contributed by atoms with Crippen LogP contribution in [0, 0.1) is 0 Å². The molecule has 0 aliphatic heterocycles. The Hall–Kier alpha value is -2.94. The summed E-state index contributed by atoms with van der Waals surface area (Å²) in [5.74, 6) is 0.721. The van der Waals surface area contributed by atoms with E-state index in [1.54, 1.807) is 38.1 Å². The van der Waals surface area contributed by atoms with Gasteiger partial charge < -0.3 is 14.2 Å². The van der Waals surface area contributed by atoms with Gasteiger partial charge in [-0.25, -0.2) is 13.2 Å². The molecular weight excluding hydrogens is 372 g/mol. The number of methoxy groups -OCH3 is 1. The van der Waals surface area contributed by atoms with E-state index < -0.39 is 16.1 Å². The molecule has 2 N–H and O–H groups in total. The summed E-state index contributed by atoms with van der Waals surface area (Å²) in [6.45, 7) is 3.98. The average Bonchev–Trinajstić information content (AvgIpc) is 2.63. The molecule has 0 saturated carbocycles. The minimum absolute atomic E-state index is 0.0522. The lowest BCUT2D eigenvalue weighted by Gasteiger charge is -2.15. The maximum absolute atomic E-state index is 12.8. The second-order valence-corrected chi connectivity index (χ2v) is 6.92. The van der Waals surface area contributed by atoms with Crippen molar-refractivity contribution in [2.75, 3.05) is 30.4 Å². The molecule has 0 aliphatic carbocycles. The summed E-state index contributed by atoms with van der Waals surface area (Å²) >= 11 is 0. The first-order valence-electron chi connectivity index (χ1n) is 8.27. The first-order valence-corrected chi connectivity index (χ1v) is 9.76. The molecule has 0 saturated heterocycles. The largest absolute Gasteiger partial charge is 0.495 e. The van der Waals surface area contributed by atoms with Crippen LogP contribution in [0.4, 0.5) is 16.2 Å². The number of sulfonamides is 1. The van der Waals surface area contributed by atoms with Gasteiger partial charge in [-0.3, -0.25) is 10.0 Å². The van der Waals surface area contributed by atoms with Gasteiger partial charge in [0.05, 0.1) is 36.6 Å². The van der Waals surface area contributed by atoms with E-state index >= 15 is 0 Å². The van der Waals surface area contributed by atoms with Crippen molar-refractivity contribution in [3.8, 4) is 11.5 Å². The summed E-state index contributed by atoms with van der Waals surface area (Å²) in [5, 5.41) is 2.49. The fourth-order valence-electron chi connectivity index (χ4n) is 2.27. The number of carbonyl (C=O) groups is 1. The van der Waals surface area contributed by atoms with Gasteiger partial charge in [0.1, 0.15) is 11.5 Å². The van der Waals surface area contributed by atoms with E-state index in [2.05, 4.69) is 10.0 Å². The monoisotopic (exact) mass is 394 g/mol. The van der Waals surface area contributed by atoms with Gasteiger partial charge in [0.15, 0.2) is 0 Å². The van der Waals surface area contributed by atoms with Crippen LogP contribution in [0.15, 0.2) is 47.4 Å². The topological polar surface area (TPSA) is 103 Å². The number of benzene rings is 2. The highest BCUT2D eigenvalue weighted by molar-refractivity contribution is 7.92. The Balaban J connectivity index is 2.36. The van der Waals surface area contributed by atoms with Crippen molar-refractivity contribution in [2.45, 2.75) is 18.7 Å². The Morgan fingerprint density at radius 2 is 1.74 bits per heavy atom. The third-order valence-corrected chi connectivity index (χ3v) is 4.79. The molecule has 0 atom stereocenters. The molecule has 27 heavy (non-hydrogen) atoms.